The Morgan fingerprint density at radius 1 is 0.935 bits per heavy atom. The van der Waals surface area contributed by atoms with E-state index in [-0.39, 0.29) is 5.56 Å². The lowest BCUT2D eigenvalue weighted by Crippen LogP contribution is -2.51. The minimum atomic E-state index is -0.935. The summed E-state index contributed by atoms with van der Waals surface area (Å²) in [5, 5.41) is 12.5. The van der Waals surface area contributed by atoms with Crippen molar-refractivity contribution in [2.75, 3.05) is 36.4 Å². The van der Waals surface area contributed by atoms with E-state index in [1.54, 1.807) is 24.3 Å². The zero-order valence-corrected chi connectivity index (χ0v) is 17.2. The molecule has 1 aliphatic heterocycles. The average molecular weight is 415 g/mol. The summed E-state index contributed by atoms with van der Waals surface area (Å²) in [6.45, 7) is 3.88. The topological polar surface area (TPSA) is 81.1 Å². The van der Waals surface area contributed by atoms with Gasteiger partial charge in [0.15, 0.2) is 5.96 Å². The molecule has 1 saturated heterocycles. The molecular weight excluding hydrogens is 390 g/mol. The van der Waals surface area contributed by atoms with Gasteiger partial charge >= 0.3 is 5.97 Å². The second kappa shape index (κ2) is 9.75. The third-order valence-corrected chi connectivity index (χ3v) is 5.19. The van der Waals surface area contributed by atoms with Crippen LogP contribution in [0.5, 0.6) is 0 Å². The number of anilines is 2. The number of piperazine rings is 1. The molecule has 0 saturated carbocycles. The third-order valence-electron chi connectivity index (χ3n) is 5.19. The molecule has 2 heterocycles. The van der Waals surface area contributed by atoms with Gasteiger partial charge in [0, 0.05) is 38.1 Å². The van der Waals surface area contributed by atoms with E-state index in [1.807, 2.05) is 42.6 Å². The Hall–Kier alpha value is -3.87. The number of carbonyl (C=O) groups is 1. The molecule has 7 heteroatoms. The zero-order chi connectivity index (χ0) is 21.5. The number of hydrogen-bond acceptors (Lipinski definition) is 4. The molecule has 1 aromatic heterocycles. The Labute approximate surface area is 181 Å². The van der Waals surface area contributed by atoms with Gasteiger partial charge in [-0.1, -0.05) is 36.4 Å². The van der Waals surface area contributed by atoms with Crippen molar-refractivity contribution < 1.29 is 9.90 Å². The molecule has 0 amide bonds. The van der Waals surface area contributed by atoms with Gasteiger partial charge in [-0.2, -0.15) is 0 Å². The molecule has 0 atom stereocenters. The number of aromatic carboxylic acids is 1. The summed E-state index contributed by atoms with van der Waals surface area (Å²) in [6.07, 6.45) is 1.82. The molecule has 7 nitrogen and oxygen atoms in total. The molecule has 1 fully saturated rings. The largest absolute Gasteiger partial charge is 0.478 e. The Morgan fingerprint density at radius 2 is 1.65 bits per heavy atom. The molecular formula is C24H25N5O2. The van der Waals surface area contributed by atoms with Gasteiger partial charge in [-0.05, 0) is 42.0 Å². The van der Waals surface area contributed by atoms with Crippen LogP contribution in [0.15, 0.2) is 84.0 Å². The number of aromatic nitrogens is 1. The lowest BCUT2D eigenvalue weighted by atomic mass is 10.2. The number of nitrogens with zero attached hydrogens (tertiary/aromatic N) is 4. The maximum Gasteiger partial charge on any atom is 0.335 e. The Kier molecular flexibility index (Phi) is 6.42. The van der Waals surface area contributed by atoms with E-state index in [2.05, 4.69) is 32.2 Å². The Morgan fingerprint density at radius 3 is 2.29 bits per heavy atom. The number of carboxylic acid groups (broad SMARTS) is 1. The van der Waals surface area contributed by atoms with Gasteiger partial charge in [-0.3, -0.25) is 0 Å². The van der Waals surface area contributed by atoms with Crippen LogP contribution in [0.25, 0.3) is 0 Å². The maximum absolute atomic E-state index is 11.1. The van der Waals surface area contributed by atoms with E-state index < -0.39 is 5.97 Å². The van der Waals surface area contributed by atoms with Crippen molar-refractivity contribution in [3.05, 3.63) is 90.1 Å². The molecule has 3 aromatic rings. The lowest BCUT2D eigenvalue weighted by Gasteiger charge is -2.37. The molecule has 2 N–H and O–H groups in total. The highest BCUT2D eigenvalue weighted by Crippen LogP contribution is 2.15. The van der Waals surface area contributed by atoms with Gasteiger partial charge in [-0.25, -0.2) is 14.8 Å². The number of hydrogen-bond donors (Lipinski definition) is 2. The Balaban J connectivity index is 1.49. The van der Waals surface area contributed by atoms with E-state index >= 15 is 0 Å². The SMILES string of the molecule is O=C(O)c1ccc(NC(=NCc2ccccc2)N2CCN(c3ccccn3)CC2)cc1. The summed E-state index contributed by atoms with van der Waals surface area (Å²) in [4.78, 5) is 24.9. The van der Waals surface area contributed by atoms with Crippen molar-refractivity contribution in [3.8, 4) is 0 Å². The van der Waals surface area contributed by atoms with Crippen molar-refractivity contribution in [1.29, 1.82) is 0 Å². The van der Waals surface area contributed by atoms with Crippen LogP contribution in [0, 0.1) is 0 Å². The van der Waals surface area contributed by atoms with Crippen LogP contribution in [-0.2, 0) is 6.54 Å². The highest BCUT2D eigenvalue weighted by Gasteiger charge is 2.21. The van der Waals surface area contributed by atoms with E-state index in [0.29, 0.717) is 6.54 Å². The molecule has 31 heavy (non-hydrogen) atoms. The second-order valence-corrected chi connectivity index (χ2v) is 7.29. The van der Waals surface area contributed by atoms with Crippen molar-refractivity contribution in [2.24, 2.45) is 4.99 Å². The smallest absolute Gasteiger partial charge is 0.335 e. The van der Waals surface area contributed by atoms with Gasteiger partial charge < -0.3 is 20.2 Å². The monoisotopic (exact) mass is 415 g/mol. The first-order valence-corrected chi connectivity index (χ1v) is 10.3. The summed E-state index contributed by atoms with van der Waals surface area (Å²) in [5.74, 6) is 0.838. The van der Waals surface area contributed by atoms with Crippen molar-refractivity contribution in [1.82, 2.24) is 9.88 Å². The van der Waals surface area contributed by atoms with E-state index in [1.165, 1.54) is 0 Å². The molecule has 0 radical (unpaired) electrons. The maximum atomic E-state index is 11.1. The van der Waals surface area contributed by atoms with Crippen LogP contribution < -0.4 is 10.2 Å². The number of pyridine rings is 1. The van der Waals surface area contributed by atoms with E-state index in [9.17, 15) is 4.79 Å². The number of nitrogens with one attached hydrogen (secondary N) is 1. The molecule has 4 rings (SSSR count). The molecule has 0 aliphatic carbocycles. The predicted molar refractivity (Wildman–Crippen MR) is 123 cm³/mol. The fourth-order valence-electron chi connectivity index (χ4n) is 3.48. The third kappa shape index (κ3) is 5.39. The van der Waals surface area contributed by atoms with Crippen LogP contribution in [0.4, 0.5) is 11.5 Å². The van der Waals surface area contributed by atoms with E-state index in [4.69, 9.17) is 10.1 Å². The van der Waals surface area contributed by atoms with Gasteiger partial charge in [-0.15, -0.1) is 0 Å². The predicted octanol–water partition coefficient (Wildman–Crippen LogP) is 3.57. The van der Waals surface area contributed by atoms with Crippen molar-refractivity contribution in [3.63, 3.8) is 0 Å². The number of aliphatic imine (C=N–C) groups is 1. The standard InChI is InChI=1S/C24H25N5O2/c30-23(31)20-9-11-21(12-10-20)27-24(26-18-19-6-2-1-3-7-19)29-16-14-28(15-17-29)22-8-4-5-13-25-22/h1-13H,14-18H2,(H,26,27)(H,30,31). The molecule has 158 valence electrons. The minimum absolute atomic E-state index is 0.261. The highest BCUT2D eigenvalue weighted by atomic mass is 16.4. The minimum Gasteiger partial charge on any atom is -0.478 e. The normalized spacial score (nSPS) is 14.4. The van der Waals surface area contributed by atoms with Crippen LogP contribution >= 0.6 is 0 Å². The van der Waals surface area contributed by atoms with Crippen LogP contribution in [0.1, 0.15) is 15.9 Å². The van der Waals surface area contributed by atoms with Crippen LogP contribution in [0.2, 0.25) is 0 Å². The van der Waals surface area contributed by atoms with Crippen molar-refractivity contribution in [2.45, 2.75) is 6.54 Å². The molecule has 0 spiro atoms. The fourth-order valence-corrected chi connectivity index (χ4v) is 3.48. The number of guanidine groups is 1. The number of benzene rings is 2. The van der Waals surface area contributed by atoms with Gasteiger partial charge in [0.05, 0.1) is 12.1 Å². The lowest BCUT2D eigenvalue weighted by molar-refractivity contribution is 0.0697. The summed E-state index contributed by atoms with van der Waals surface area (Å²) < 4.78 is 0. The van der Waals surface area contributed by atoms with Crippen LogP contribution in [-0.4, -0.2) is 53.1 Å². The summed E-state index contributed by atoms with van der Waals surface area (Å²) in [7, 11) is 0. The highest BCUT2D eigenvalue weighted by molar-refractivity contribution is 5.94. The summed E-state index contributed by atoms with van der Waals surface area (Å²) in [6, 6.07) is 22.8. The van der Waals surface area contributed by atoms with Gasteiger partial charge in [0.1, 0.15) is 5.82 Å². The zero-order valence-electron chi connectivity index (χ0n) is 17.2. The Bertz CT molecular complexity index is 1010. The number of rotatable bonds is 5. The molecule has 1 aliphatic rings. The van der Waals surface area contributed by atoms with Crippen molar-refractivity contribution >= 4 is 23.4 Å². The van der Waals surface area contributed by atoms with Gasteiger partial charge in [0.2, 0.25) is 0 Å². The first-order valence-electron chi connectivity index (χ1n) is 10.3. The number of carboxylic acids is 1. The molecule has 0 bridgehead atoms. The summed E-state index contributed by atoms with van der Waals surface area (Å²) >= 11 is 0. The van der Waals surface area contributed by atoms with E-state index in [0.717, 1.165) is 49.2 Å². The first kappa shape index (κ1) is 20.4. The molecule has 2 aromatic carbocycles. The second-order valence-electron chi connectivity index (χ2n) is 7.29. The first-order chi connectivity index (χ1) is 15.2. The van der Waals surface area contributed by atoms with Gasteiger partial charge in [0.25, 0.3) is 0 Å². The fraction of sp³-hybridized carbons (Fsp3) is 0.208. The average Bonchev–Trinajstić information content (AvgIpc) is 2.83. The molecule has 0 unspecified atom stereocenters. The summed E-state index contributed by atoms with van der Waals surface area (Å²) in [5.41, 5.74) is 2.21. The van der Waals surface area contributed by atoms with Crippen LogP contribution in [0.3, 0.4) is 0 Å². The quantitative estimate of drug-likeness (QED) is 0.490.